The summed E-state index contributed by atoms with van der Waals surface area (Å²) < 4.78 is 0. The Bertz CT molecular complexity index is 585. The van der Waals surface area contributed by atoms with Crippen molar-refractivity contribution in [2.24, 2.45) is 0 Å². The zero-order chi connectivity index (χ0) is 15.5. The maximum Gasteiger partial charge on any atom is 0.322 e. The third-order valence-corrected chi connectivity index (χ3v) is 3.74. The molecule has 1 aromatic heterocycles. The van der Waals surface area contributed by atoms with Crippen LogP contribution >= 0.6 is 0 Å². The van der Waals surface area contributed by atoms with E-state index in [2.05, 4.69) is 25.5 Å². The van der Waals surface area contributed by atoms with Gasteiger partial charge < -0.3 is 15.1 Å². The third-order valence-electron chi connectivity index (χ3n) is 3.74. The van der Waals surface area contributed by atoms with Crippen LogP contribution in [-0.4, -0.2) is 64.9 Å². The van der Waals surface area contributed by atoms with Crippen LogP contribution in [0, 0.1) is 0 Å². The van der Waals surface area contributed by atoms with Gasteiger partial charge in [0, 0.05) is 38.6 Å². The van der Waals surface area contributed by atoms with E-state index in [0.29, 0.717) is 26.2 Å². The summed E-state index contributed by atoms with van der Waals surface area (Å²) in [5.74, 6) is 0.203. The molecule has 3 rings (SSSR count). The fourth-order valence-electron chi connectivity index (χ4n) is 2.55. The molecular formula is C13H16N6O3. The Kier molecular flexibility index (Phi) is 3.86. The van der Waals surface area contributed by atoms with Crippen LogP contribution in [0.3, 0.4) is 0 Å². The van der Waals surface area contributed by atoms with Gasteiger partial charge in [0.2, 0.25) is 5.91 Å². The van der Waals surface area contributed by atoms with Gasteiger partial charge in [-0.1, -0.05) is 0 Å². The number of piperazine rings is 1. The van der Waals surface area contributed by atoms with E-state index in [0.717, 1.165) is 5.82 Å². The van der Waals surface area contributed by atoms with Gasteiger partial charge in [0.1, 0.15) is 11.9 Å². The smallest absolute Gasteiger partial charge is 0.322 e. The number of carbonyl (C=O) groups is 3. The number of nitrogens with one attached hydrogen (secondary N) is 2. The molecule has 2 fully saturated rings. The molecule has 2 aliphatic rings. The highest BCUT2D eigenvalue weighted by Crippen LogP contribution is 2.13. The molecule has 0 spiro atoms. The van der Waals surface area contributed by atoms with E-state index in [-0.39, 0.29) is 12.3 Å². The van der Waals surface area contributed by atoms with Gasteiger partial charge in [0.25, 0.3) is 5.91 Å². The van der Waals surface area contributed by atoms with Gasteiger partial charge in [-0.3, -0.25) is 19.9 Å². The Balaban J connectivity index is 1.52. The first-order valence-corrected chi connectivity index (χ1v) is 7.03. The lowest BCUT2D eigenvalue weighted by atomic mass is 10.1. The van der Waals surface area contributed by atoms with E-state index in [4.69, 9.17) is 0 Å². The van der Waals surface area contributed by atoms with Crippen LogP contribution in [0.5, 0.6) is 0 Å². The molecule has 2 N–H and O–H groups in total. The summed E-state index contributed by atoms with van der Waals surface area (Å²) in [7, 11) is 0. The average Bonchev–Trinajstić information content (AvgIpc) is 2.86. The molecule has 2 aliphatic heterocycles. The van der Waals surface area contributed by atoms with Crippen LogP contribution in [0.2, 0.25) is 0 Å². The van der Waals surface area contributed by atoms with Crippen molar-refractivity contribution < 1.29 is 14.4 Å². The molecule has 0 bridgehead atoms. The van der Waals surface area contributed by atoms with Crippen molar-refractivity contribution in [3.63, 3.8) is 0 Å². The molecule has 116 valence electrons. The van der Waals surface area contributed by atoms with Crippen molar-refractivity contribution in [2.75, 3.05) is 31.1 Å². The van der Waals surface area contributed by atoms with Gasteiger partial charge in [-0.25, -0.2) is 9.78 Å². The fraction of sp³-hybridized carbons (Fsp3) is 0.462. The summed E-state index contributed by atoms with van der Waals surface area (Å²) in [6.07, 6.45) is 4.93. The lowest BCUT2D eigenvalue weighted by Crippen LogP contribution is -2.50. The lowest BCUT2D eigenvalue weighted by Gasteiger charge is -2.35. The first-order valence-electron chi connectivity index (χ1n) is 7.03. The maximum atomic E-state index is 12.2. The molecule has 0 aliphatic carbocycles. The number of hydrogen-bond donors (Lipinski definition) is 2. The molecule has 0 radical (unpaired) electrons. The number of nitrogens with zero attached hydrogens (tertiary/aromatic N) is 4. The van der Waals surface area contributed by atoms with Crippen molar-refractivity contribution in [2.45, 2.75) is 12.5 Å². The van der Waals surface area contributed by atoms with E-state index in [1.807, 2.05) is 0 Å². The molecule has 22 heavy (non-hydrogen) atoms. The summed E-state index contributed by atoms with van der Waals surface area (Å²) in [4.78, 5) is 46.7. The number of rotatable bonds is 3. The Morgan fingerprint density at radius 3 is 2.59 bits per heavy atom. The summed E-state index contributed by atoms with van der Waals surface area (Å²) >= 11 is 0. The maximum absolute atomic E-state index is 12.2. The Labute approximate surface area is 126 Å². The highest BCUT2D eigenvalue weighted by molar-refractivity contribution is 6.05. The molecule has 9 heteroatoms. The molecule has 3 heterocycles. The normalized spacial score (nSPS) is 21.5. The molecule has 2 saturated heterocycles. The third kappa shape index (κ3) is 2.97. The highest BCUT2D eigenvalue weighted by Gasteiger charge is 2.33. The molecule has 1 aromatic rings. The number of imide groups is 1. The van der Waals surface area contributed by atoms with Gasteiger partial charge in [-0.2, -0.15) is 0 Å². The van der Waals surface area contributed by atoms with Crippen LogP contribution in [0.4, 0.5) is 10.6 Å². The zero-order valence-corrected chi connectivity index (χ0v) is 11.9. The average molecular weight is 304 g/mol. The standard InChI is InChI=1S/C13H16N6O3/c20-11(7-9-12(21)17-13(22)16-9)19-5-3-18(4-6-19)10-8-14-1-2-15-10/h1-2,8-9H,3-7H2,(H2,16,17,21,22). The van der Waals surface area contributed by atoms with E-state index in [1.54, 1.807) is 23.5 Å². The summed E-state index contributed by atoms with van der Waals surface area (Å²) in [5.41, 5.74) is 0. The first kappa shape index (κ1) is 14.2. The van der Waals surface area contributed by atoms with Crippen LogP contribution in [0.15, 0.2) is 18.6 Å². The minimum Gasteiger partial charge on any atom is -0.352 e. The van der Waals surface area contributed by atoms with Crippen molar-refractivity contribution >= 4 is 23.7 Å². The van der Waals surface area contributed by atoms with Crippen molar-refractivity contribution in [3.05, 3.63) is 18.6 Å². The largest absolute Gasteiger partial charge is 0.352 e. The van der Waals surface area contributed by atoms with E-state index < -0.39 is 18.0 Å². The van der Waals surface area contributed by atoms with E-state index >= 15 is 0 Å². The van der Waals surface area contributed by atoms with Crippen LogP contribution in [0.1, 0.15) is 6.42 Å². The molecular weight excluding hydrogens is 288 g/mol. The highest BCUT2D eigenvalue weighted by atomic mass is 16.2. The second-order valence-electron chi connectivity index (χ2n) is 5.15. The predicted molar refractivity (Wildman–Crippen MR) is 75.9 cm³/mol. The number of amides is 4. The van der Waals surface area contributed by atoms with E-state index in [9.17, 15) is 14.4 Å². The molecule has 1 atom stereocenters. The minimum atomic E-state index is -0.766. The Hall–Kier alpha value is -2.71. The molecule has 0 saturated carbocycles. The van der Waals surface area contributed by atoms with Gasteiger partial charge >= 0.3 is 6.03 Å². The topological polar surface area (TPSA) is 108 Å². The zero-order valence-electron chi connectivity index (χ0n) is 11.9. The monoisotopic (exact) mass is 304 g/mol. The number of carbonyl (C=O) groups excluding carboxylic acids is 3. The van der Waals surface area contributed by atoms with Gasteiger partial charge in [0.05, 0.1) is 12.6 Å². The molecule has 1 unspecified atom stereocenters. The Morgan fingerprint density at radius 2 is 2.00 bits per heavy atom. The van der Waals surface area contributed by atoms with E-state index in [1.165, 1.54) is 0 Å². The van der Waals surface area contributed by atoms with Crippen molar-refractivity contribution in [3.8, 4) is 0 Å². The quantitative estimate of drug-likeness (QED) is 0.674. The molecule has 9 nitrogen and oxygen atoms in total. The van der Waals surface area contributed by atoms with Crippen molar-refractivity contribution in [1.82, 2.24) is 25.5 Å². The van der Waals surface area contributed by atoms with Gasteiger partial charge in [-0.05, 0) is 0 Å². The van der Waals surface area contributed by atoms with Gasteiger partial charge in [0.15, 0.2) is 0 Å². The molecule has 0 aromatic carbocycles. The van der Waals surface area contributed by atoms with Crippen LogP contribution in [0.25, 0.3) is 0 Å². The number of urea groups is 1. The Morgan fingerprint density at radius 1 is 1.23 bits per heavy atom. The number of aromatic nitrogens is 2. The summed E-state index contributed by atoms with van der Waals surface area (Å²) in [6, 6.07) is -1.31. The second-order valence-corrected chi connectivity index (χ2v) is 5.15. The van der Waals surface area contributed by atoms with Crippen LogP contribution < -0.4 is 15.5 Å². The summed E-state index contributed by atoms with van der Waals surface area (Å²) in [6.45, 7) is 2.43. The van der Waals surface area contributed by atoms with Gasteiger partial charge in [-0.15, -0.1) is 0 Å². The lowest BCUT2D eigenvalue weighted by molar-refractivity contribution is -0.134. The van der Waals surface area contributed by atoms with Crippen molar-refractivity contribution in [1.29, 1.82) is 0 Å². The summed E-state index contributed by atoms with van der Waals surface area (Å²) in [5, 5.41) is 4.55. The molecule has 4 amide bonds. The number of hydrogen-bond acceptors (Lipinski definition) is 6. The predicted octanol–water partition coefficient (Wildman–Crippen LogP) is -1.28. The first-order chi connectivity index (χ1) is 10.6. The SMILES string of the molecule is O=C1NC(=O)C(CC(=O)N2CCN(c3cnccn3)CC2)N1. The number of anilines is 1. The van der Waals surface area contributed by atoms with Crippen LogP contribution in [-0.2, 0) is 9.59 Å². The minimum absolute atomic E-state index is 0.0112. The fourth-order valence-corrected chi connectivity index (χ4v) is 2.55. The second kappa shape index (κ2) is 5.96.